The zero-order valence-corrected chi connectivity index (χ0v) is 12.2. The van der Waals surface area contributed by atoms with Crippen molar-refractivity contribution in [3.05, 3.63) is 64.4 Å². The van der Waals surface area contributed by atoms with Gasteiger partial charge in [-0.05, 0) is 36.4 Å². The number of hydrogen-bond donors (Lipinski definition) is 1. The summed E-state index contributed by atoms with van der Waals surface area (Å²) in [6.45, 7) is 0.673. The van der Waals surface area contributed by atoms with Crippen LogP contribution >= 0.6 is 23.4 Å². The van der Waals surface area contributed by atoms with Crippen molar-refractivity contribution in [1.29, 1.82) is 0 Å². The van der Waals surface area contributed by atoms with E-state index in [4.69, 9.17) is 11.6 Å². The molecule has 0 amide bonds. The molecular formula is C15H15ClFNS. The minimum Gasteiger partial charge on any atom is -0.316 e. The van der Waals surface area contributed by atoms with Crippen LogP contribution in [0.2, 0.25) is 5.02 Å². The lowest BCUT2D eigenvalue weighted by atomic mass is 10.2. The third-order valence-electron chi connectivity index (χ3n) is 2.72. The molecule has 2 rings (SSSR count). The Bertz CT molecular complexity index is 560. The van der Waals surface area contributed by atoms with Gasteiger partial charge in [-0.2, -0.15) is 0 Å². The first-order chi connectivity index (χ1) is 9.20. The van der Waals surface area contributed by atoms with Crippen molar-refractivity contribution in [3.8, 4) is 0 Å². The predicted octanol–water partition coefficient (Wildman–Crippen LogP) is 4.49. The van der Waals surface area contributed by atoms with E-state index >= 15 is 0 Å². The Hall–Kier alpha value is -1.03. The molecule has 100 valence electrons. The molecule has 0 atom stereocenters. The number of hydrogen-bond acceptors (Lipinski definition) is 2. The van der Waals surface area contributed by atoms with Gasteiger partial charge in [0.2, 0.25) is 0 Å². The van der Waals surface area contributed by atoms with Crippen LogP contribution in [-0.4, -0.2) is 7.05 Å². The van der Waals surface area contributed by atoms with Crippen LogP contribution in [-0.2, 0) is 12.3 Å². The lowest BCUT2D eigenvalue weighted by Gasteiger charge is -2.07. The third kappa shape index (κ3) is 3.96. The summed E-state index contributed by atoms with van der Waals surface area (Å²) < 4.78 is 13.9. The van der Waals surface area contributed by atoms with E-state index in [9.17, 15) is 4.39 Å². The van der Waals surface area contributed by atoms with Crippen LogP contribution in [0.25, 0.3) is 0 Å². The maximum absolute atomic E-state index is 13.9. The van der Waals surface area contributed by atoms with Crippen molar-refractivity contribution in [1.82, 2.24) is 5.32 Å². The molecule has 0 spiro atoms. The van der Waals surface area contributed by atoms with Crippen LogP contribution in [0, 0.1) is 5.82 Å². The molecule has 2 aromatic rings. The standard InChI is InChI=1S/C15H15ClFNS/c1-18-9-11-6-7-15(14(17)8-11)19-10-12-4-2-3-5-13(12)16/h2-8,18H,9-10H2,1H3. The average molecular weight is 296 g/mol. The maximum atomic E-state index is 13.9. The second-order valence-corrected chi connectivity index (χ2v) is 5.60. The molecule has 0 aliphatic carbocycles. The second kappa shape index (κ2) is 6.94. The molecule has 19 heavy (non-hydrogen) atoms. The van der Waals surface area contributed by atoms with Gasteiger partial charge in [0, 0.05) is 22.2 Å². The summed E-state index contributed by atoms with van der Waals surface area (Å²) in [6, 6.07) is 13.0. The van der Waals surface area contributed by atoms with E-state index in [0.717, 1.165) is 16.1 Å². The van der Waals surface area contributed by atoms with E-state index in [1.165, 1.54) is 11.8 Å². The molecule has 0 unspecified atom stereocenters. The van der Waals surface area contributed by atoms with E-state index < -0.39 is 0 Å². The highest BCUT2D eigenvalue weighted by molar-refractivity contribution is 7.98. The molecule has 0 fully saturated rings. The SMILES string of the molecule is CNCc1ccc(SCc2ccccc2Cl)c(F)c1. The topological polar surface area (TPSA) is 12.0 Å². The minimum absolute atomic E-state index is 0.176. The summed E-state index contributed by atoms with van der Waals surface area (Å²) in [7, 11) is 1.85. The molecule has 1 nitrogen and oxygen atoms in total. The summed E-state index contributed by atoms with van der Waals surface area (Å²) in [5.41, 5.74) is 1.97. The molecule has 2 aromatic carbocycles. The van der Waals surface area contributed by atoms with E-state index in [1.54, 1.807) is 6.07 Å². The molecular weight excluding hydrogens is 281 g/mol. The number of nitrogens with one attached hydrogen (secondary N) is 1. The van der Waals surface area contributed by atoms with Crippen molar-refractivity contribution in [3.63, 3.8) is 0 Å². The Morgan fingerprint density at radius 2 is 2.00 bits per heavy atom. The fraction of sp³-hybridized carbons (Fsp3) is 0.200. The Labute approximate surface area is 122 Å². The van der Waals surface area contributed by atoms with Gasteiger partial charge in [-0.15, -0.1) is 11.8 Å². The van der Waals surface area contributed by atoms with Crippen molar-refractivity contribution >= 4 is 23.4 Å². The second-order valence-electron chi connectivity index (χ2n) is 4.18. The highest BCUT2D eigenvalue weighted by Gasteiger charge is 2.06. The van der Waals surface area contributed by atoms with Crippen LogP contribution in [0.5, 0.6) is 0 Å². The Morgan fingerprint density at radius 1 is 1.21 bits per heavy atom. The molecule has 0 saturated carbocycles. The highest BCUT2D eigenvalue weighted by atomic mass is 35.5. The number of benzene rings is 2. The molecule has 0 bridgehead atoms. The number of halogens is 2. The molecule has 0 saturated heterocycles. The number of rotatable bonds is 5. The van der Waals surface area contributed by atoms with Gasteiger partial charge in [-0.1, -0.05) is 35.9 Å². The quantitative estimate of drug-likeness (QED) is 0.816. The lowest BCUT2D eigenvalue weighted by molar-refractivity contribution is 0.598. The largest absolute Gasteiger partial charge is 0.316 e. The Kier molecular flexibility index (Phi) is 5.25. The summed E-state index contributed by atoms with van der Waals surface area (Å²) in [5, 5.41) is 3.73. The molecule has 0 aromatic heterocycles. The molecule has 0 aliphatic rings. The first-order valence-corrected chi connectivity index (χ1v) is 7.36. The molecule has 0 heterocycles. The fourth-order valence-electron chi connectivity index (χ4n) is 1.75. The van der Waals surface area contributed by atoms with E-state index in [1.807, 2.05) is 43.4 Å². The van der Waals surface area contributed by atoms with Crippen LogP contribution in [0.15, 0.2) is 47.4 Å². The van der Waals surface area contributed by atoms with Crippen molar-refractivity contribution in [2.45, 2.75) is 17.2 Å². The zero-order chi connectivity index (χ0) is 13.7. The minimum atomic E-state index is -0.176. The Balaban J connectivity index is 2.06. The van der Waals surface area contributed by atoms with Crippen LogP contribution < -0.4 is 5.32 Å². The van der Waals surface area contributed by atoms with E-state index in [0.29, 0.717) is 17.2 Å². The van der Waals surface area contributed by atoms with Crippen molar-refractivity contribution in [2.75, 3.05) is 7.05 Å². The summed E-state index contributed by atoms with van der Waals surface area (Å²) >= 11 is 7.54. The van der Waals surface area contributed by atoms with Gasteiger partial charge < -0.3 is 5.32 Å². The molecule has 0 aliphatic heterocycles. The van der Waals surface area contributed by atoms with Gasteiger partial charge >= 0.3 is 0 Å². The molecule has 0 radical (unpaired) electrons. The molecule has 4 heteroatoms. The summed E-state index contributed by atoms with van der Waals surface area (Å²) in [6.07, 6.45) is 0. The monoisotopic (exact) mass is 295 g/mol. The predicted molar refractivity (Wildman–Crippen MR) is 80.2 cm³/mol. The van der Waals surface area contributed by atoms with Gasteiger partial charge in [0.05, 0.1) is 0 Å². The number of thioether (sulfide) groups is 1. The van der Waals surface area contributed by atoms with Crippen LogP contribution in [0.4, 0.5) is 4.39 Å². The van der Waals surface area contributed by atoms with E-state index in [2.05, 4.69) is 5.32 Å². The van der Waals surface area contributed by atoms with Gasteiger partial charge in [-0.25, -0.2) is 4.39 Å². The maximum Gasteiger partial charge on any atom is 0.137 e. The van der Waals surface area contributed by atoms with Crippen LogP contribution in [0.1, 0.15) is 11.1 Å². The smallest absolute Gasteiger partial charge is 0.137 e. The van der Waals surface area contributed by atoms with Crippen molar-refractivity contribution in [2.24, 2.45) is 0 Å². The van der Waals surface area contributed by atoms with Gasteiger partial charge in [0.1, 0.15) is 5.82 Å². The Morgan fingerprint density at radius 3 is 2.68 bits per heavy atom. The van der Waals surface area contributed by atoms with Crippen LogP contribution in [0.3, 0.4) is 0 Å². The third-order valence-corrected chi connectivity index (χ3v) is 4.18. The first kappa shape index (κ1) is 14.4. The molecule has 1 N–H and O–H groups in total. The lowest BCUT2D eigenvalue weighted by Crippen LogP contribution is -2.05. The van der Waals surface area contributed by atoms with Gasteiger partial charge in [0.15, 0.2) is 0 Å². The van der Waals surface area contributed by atoms with E-state index in [-0.39, 0.29) is 5.82 Å². The normalized spacial score (nSPS) is 10.7. The highest BCUT2D eigenvalue weighted by Crippen LogP contribution is 2.28. The van der Waals surface area contributed by atoms with Gasteiger partial charge in [-0.3, -0.25) is 0 Å². The first-order valence-electron chi connectivity index (χ1n) is 6.00. The van der Waals surface area contributed by atoms with Gasteiger partial charge in [0.25, 0.3) is 0 Å². The van der Waals surface area contributed by atoms with Crippen molar-refractivity contribution < 1.29 is 4.39 Å². The summed E-state index contributed by atoms with van der Waals surface area (Å²) in [4.78, 5) is 0.653. The average Bonchev–Trinajstić information content (AvgIpc) is 2.40. The zero-order valence-electron chi connectivity index (χ0n) is 10.6. The fourth-order valence-corrected chi connectivity index (χ4v) is 2.95. The summed E-state index contributed by atoms with van der Waals surface area (Å²) in [5.74, 6) is 0.493.